The van der Waals surface area contributed by atoms with Crippen molar-refractivity contribution in [3.63, 3.8) is 0 Å². The third-order valence-corrected chi connectivity index (χ3v) is 6.96. The number of hydrogen-bond acceptors (Lipinski definition) is 6. The number of nitrogens with zero attached hydrogens (tertiary/aromatic N) is 3. The van der Waals surface area contributed by atoms with Gasteiger partial charge in [0.2, 0.25) is 0 Å². The van der Waals surface area contributed by atoms with Crippen LogP contribution in [0.15, 0.2) is 41.9 Å². The SMILES string of the molecule is CN1CCOC(Cn2nc(C3=C(c4c[nH]c5sccc45)C(=O)NC3=O)c3ccccc32)C1. The summed E-state index contributed by atoms with van der Waals surface area (Å²) in [4.78, 5) is 32.2. The summed E-state index contributed by atoms with van der Waals surface area (Å²) < 4.78 is 7.84. The molecule has 9 heteroatoms. The number of likely N-dealkylation sites (N-methyl/N-ethyl adjacent to an activating group) is 1. The van der Waals surface area contributed by atoms with E-state index >= 15 is 0 Å². The summed E-state index contributed by atoms with van der Waals surface area (Å²) in [6.45, 7) is 2.98. The topological polar surface area (TPSA) is 92.2 Å². The Labute approximate surface area is 187 Å². The highest BCUT2D eigenvalue weighted by Gasteiger charge is 2.36. The second-order valence-electron chi connectivity index (χ2n) is 8.20. The quantitative estimate of drug-likeness (QED) is 0.469. The van der Waals surface area contributed by atoms with Crippen LogP contribution in [0.1, 0.15) is 11.3 Å². The summed E-state index contributed by atoms with van der Waals surface area (Å²) in [5.74, 6) is -0.813. The number of thiophene rings is 1. The highest BCUT2D eigenvalue weighted by Crippen LogP contribution is 2.38. The van der Waals surface area contributed by atoms with Crippen molar-refractivity contribution < 1.29 is 14.3 Å². The average molecular weight is 448 g/mol. The fraction of sp³-hybridized carbons (Fsp3) is 0.261. The van der Waals surface area contributed by atoms with Crippen molar-refractivity contribution >= 4 is 55.4 Å². The number of para-hydroxylation sites is 1. The van der Waals surface area contributed by atoms with Crippen molar-refractivity contribution in [2.24, 2.45) is 0 Å². The summed E-state index contributed by atoms with van der Waals surface area (Å²) in [6, 6.07) is 9.76. The van der Waals surface area contributed by atoms with Gasteiger partial charge in [-0.2, -0.15) is 5.10 Å². The molecule has 3 aromatic heterocycles. The van der Waals surface area contributed by atoms with E-state index in [4.69, 9.17) is 9.84 Å². The summed E-state index contributed by atoms with van der Waals surface area (Å²) in [7, 11) is 2.08. The number of carbonyl (C=O) groups excluding carboxylic acids is 2. The number of nitrogens with one attached hydrogen (secondary N) is 2. The molecule has 1 atom stereocenters. The molecule has 1 aromatic carbocycles. The maximum absolute atomic E-state index is 13.0. The highest BCUT2D eigenvalue weighted by atomic mass is 32.1. The number of amides is 2. The first-order chi connectivity index (χ1) is 15.6. The zero-order chi connectivity index (χ0) is 21.8. The lowest BCUT2D eigenvalue weighted by Gasteiger charge is -2.30. The second-order valence-corrected chi connectivity index (χ2v) is 9.12. The molecule has 32 heavy (non-hydrogen) atoms. The van der Waals surface area contributed by atoms with Gasteiger partial charge in [-0.05, 0) is 24.6 Å². The van der Waals surface area contributed by atoms with Gasteiger partial charge < -0.3 is 14.6 Å². The van der Waals surface area contributed by atoms with Crippen LogP contribution in [0.4, 0.5) is 0 Å². The van der Waals surface area contributed by atoms with E-state index in [1.165, 1.54) is 0 Å². The molecule has 0 radical (unpaired) electrons. The Balaban J connectivity index is 1.52. The van der Waals surface area contributed by atoms with Crippen molar-refractivity contribution in [1.29, 1.82) is 0 Å². The van der Waals surface area contributed by atoms with Crippen LogP contribution < -0.4 is 5.32 Å². The van der Waals surface area contributed by atoms with Crippen molar-refractivity contribution in [3.8, 4) is 0 Å². The van der Waals surface area contributed by atoms with Crippen LogP contribution in [-0.4, -0.2) is 64.3 Å². The summed E-state index contributed by atoms with van der Waals surface area (Å²) >= 11 is 1.56. The van der Waals surface area contributed by atoms with Gasteiger partial charge in [-0.3, -0.25) is 19.6 Å². The third kappa shape index (κ3) is 3.01. The molecule has 0 aliphatic carbocycles. The van der Waals surface area contributed by atoms with Crippen LogP contribution in [0.2, 0.25) is 0 Å². The first kappa shape index (κ1) is 19.4. The molecule has 1 fully saturated rings. The predicted molar refractivity (Wildman–Crippen MR) is 123 cm³/mol. The smallest absolute Gasteiger partial charge is 0.261 e. The molecule has 0 saturated carbocycles. The lowest BCUT2D eigenvalue weighted by atomic mass is 9.98. The molecular weight excluding hydrogens is 426 g/mol. The molecule has 2 aliphatic rings. The van der Waals surface area contributed by atoms with Crippen molar-refractivity contribution in [2.75, 3.05) is 26.7 Å². The second kappa shape index (κ2) is 7.40. The van der Waals surface area contributed by atoms with Crippen LogP contribution >= 0.6 is 11.3 Å². The van der Waals surface area contributed by atoms with E-state index in [0.717, 1.165) is 39.8 Å². The van der Waals surface area contributed by atoms with Gasteiger partial charge in [0.25, 0.3) is 11.8 Å². The molecule has 2 aliphatic heterocycles. The van der Waals surface area contributed by atoms with Gasteiger partial charge in [-0.1, -0.05) is 18.2 Å². The van der Waals surface area contributed by atoms with E-state index in [1.807, 2.05) is 40.4 Å². The fourth-order valence-electron chi connectivity index (χ4n) is 4.61. The average Bonchev–Trinajstić information content (AvgIpc) is 3.52. The number of aromatic nitrogens is 3. The molecule has 8 nitrogen and oxygen atoms in total. The molecule has 1 saturated heterocycles. The molecule has 5 heterocycles. The summed E-state index contributed by atoms with van der Waals surface area (Å²) in [5, 5.41) is 11.0. The first-order valence-electron chi connectivity index (χ1n) is 10.5. The van der Waals surface area contributed by atoms with Gasteiger partial charge in [-0.15, -0.1) is 11.3 Å². The van der Waals surface area contributed by atoms with Gasteiger partial charge in [-0.25, -0.2) is 0 Å². The maximum atomic E-state index is 13.0. The maximum Gasteiger partial charge on any atom is 0.261 e. The lowest BCUT2D eigenvalue weighted by molar-refractivity contribution is -0.122. The number of fused-ring (bicyclic) bond motifs is 2. The Hall–Kier alpha value is -3.27. The van der Waals surface area contributed by atoms with E-state index in [-0.39, 0.29) is 6.10 Å². The molecular formula is C23H21N5O3S. The van der Waals surface area contributed by atoms with E-state index in [9.17, 15) is 9.59 Å². The van der Waals surface area contributed by atoms with E-state index in [2.05, 4.69) is 22.2 Å². The van der Waals surface area contributed by atoms with Crippen LogP contribution in [0.25, 0.3) is 32.3 Å². The number of imide groups is 1. The first-order valence-corrected chi connectivity index (χ1v) is 11.4. The van der Waals surface area contributed by atoms with Crippen molar-refractivity contribution in [2.45, 2.75) is 12.6 Å². The highest BCUT2D eigenvalue weighted by molar-refractivity contribution is 7.16. The molecule has 2 N–H and O–H groups in total. The Morgan fingerprint density at radius 3 is 2.88 bits per heavy atom. The summed E-state index contributed by atoms with van der Waals surface area (Å²) in [6.07, 6.45) is 1.80. The van der Waals surface area contributed by atoms with Gasteiger partial charge in [0.1, 0.15) is 10.5 Å². The predicted octanol–water partition coefficient (Wildman–Crippen LogP) is 2.48. The number of ether oxygens (including phenoxy) is 1. The van der Waals surface area contributed by atoms with E-state index in [1.54, 1.807) is 17.5 Å². The number of carbonyl (C=O) groups is 2. The van der Waals surface area contributed by atoms with Gasteiger partial charge in [0.05, 0.1) is 35.9 Å². The van der Waals surface area contributed by atoms with Gasteiger partial charge in [0.15, 0.2) is 0 Å². The van der Waals surface area contributed by atoms with Crippen molar-refractivity contribution in [1.82, 2.24) is 25.0 Å². The number of benzene rings is 1. The molecule has 1 unspecified atom stereocenters. The monoisotopic (exact) mass is 447 g/mol. The molecule has 0 bridgehead atoms. The molecule has 2 amide bonds. The van der Waals surface area contributed by atoms with Crippen LogP contribution in [0.5, 0.6) is 0 Å². The Bertz CT molecular complexity index is 1410. The minimum Gasteiger partial charge on any atom is -0.374 e. The molecule has 6 rings (SSSR count). The minimum atomic E-state index is -0.418. The van der Waals surface area contributed by atoms with Crippen LogP contribution in [0, 0.1) is 0 Å². The standard InChI is InChI=1S/C23H21N5O3S/c1-27-7-8-31-13(11-27)12-28-17-5-3-2-4-15(17)20(26-28)19-18(21(29)25-22(19)30)16-10-24-23-14(16)6-9-32-23/h2-6,9-10,13,24H,7-8,11-12H2,1H3,(H,25,29,30). The number of rotatable bonds is 4. The number of H-pyrrole nitrogens is 1. The Morgan fingerprint density at radius 1 is 1.16 bits per heavy atom. The lowest BCUT2D eigenvalue weighted by Crippen LogP contribution is -2.42. The van der Waals surface area contributed by atoms with Crippen LogP contribution in [0.3, 0.4) is 0 Å². The normalized spacial score (nSPS) is 20.1. The van der Waals surface area contributed by atoms with Gasteiger partial charge in [0, 0.05) is 35.6 Å². The summed E-state index contributed by atoms with van der Waals surface area (Å²) in [5.41, 5.74) is 2.83. The van der Waals surface area contributed by atoms with Crippen LogP contribution in [-0.2, 0) is 20.9 Å². The number of hydrogen-bond donors (Lipinski definition) is 2. The zero-order valence-corrected chi connectivity index (χ0v) is 18.2. The Kier molecular flexibility index (Phi) is 4.49. The van der Waals surface area contributed by atoms with E-state index in [0.29, 0.717) is 30.0 Å². The molecule has 4 aromatic rings. The number of morpholine rings is 1. The fourth-order valence-corrected chi connectivity index (χ4v) is 5.39. The molecule has 0 spiro atoms. The molecule has 162 valence electrons. The number of aromatic amines is 1. The largest absolute Gasteiger partial charge is 0.374 e. The third-order valence-electron chi connectivity index (χ3n) is 6.12. The van der Waals surface area contributed by atoms with Gasteiger partial charge >= 0.3 is 0 Å². The zero-order valence-electron chi connectivity index (χ0n) is 17.4. The Morgan fingerprint density at radius 2 is 2.00 bits per heavy atom. The van der Waals surface area contributed by atoms with Crippen molar-refractivity contribution in [3.05, 3.63) is 53.2 Å². The minimum absolute atomic E-state index is 0.00694. The van der Waals surface area contributed by atoms with E-state index < -0.39 is 11.8 Å².